The molecular formula is C8H7N2O2S. The minimum Gasteiger partial charge on any atom is -0.267 e. The number of hydrogen-bond acceptors (Lipinski definition) is 2. The molecule has 0 aliphatic rings. The van der Waals surface area contributed by atoms with E-state index in [9.17, 15) is 9.90 Å². The molecule has 0 saturated carbocycles. The van der Waals surface area contributed by atoms with Gasteiger partial charge in [0.25, 0.3) is 5.91 Å². The third-order valence-electron chi connectivity index (χ3n) is 1.31. The molecule has 0 bridgehead atoms. The lowest BCUT2D eigenvalue weighted by Gasteiger charge is -2.03. The first-order valence-corrected chi connectivity index (χ1v) is 3.93. The molecule has 2 N–H and O–H groups in total. The fraction of sp³-hybridized carbons (Fsp3) is 0. The number of benzene rings is 1. The molecule has 0 aliphatic carbocycles. The van der Waals surface area contributed by atoms with Crippen LogP contribution in [0, 0.1) is 0 Å². The predicted octanol–water partition coefficient (Wildman–Crippen LogP) is 0.636. The lowest BCUT2D eigenvalue weighted by molar-refractivity contribution is 0.0940. The molecule has 0 unspecified atom stereocenters. The minimum absolute atomic E-state index is 0.390. The highest BCUT2D eigenvalue weighted by atomic mass is 32.1. The van der Waals surface area contributed by atoms with Crippen molar-refractivity contribution < 1.29 is 9.90 Å². The van der Waals surface area contributed by atoms with Gasteiger partial charge in [0.15, 0.2) is 0 Å². The monoisotopic (exact) mass is 195 g/mol. The SMILES string of the molecule is [O]C(=S)NNC(=O)c1ccccc1. The van der Waals surface area contributed by atoms with Crippen LogP contribution in [0.4, 0.5) is 0 Å². The summed E-state index contributed by atoms with van der Waals surface area (Å²) < 4.78 is 0. The highest BCUT2D eigenvalue weighted by Gasteiger charge is 2.03. The van der Waals surface area contributed by atoms with E-state index in [-0.39, 0.29) is 5.91 Å². The second kappa shape index (κ2) is 4.42. The van der Waals surface area contributed by atoms with Crippen molar-refractivity contribution in [1.82, 2.24) is 10.9 Å². The summed E-state index contributed by atoms with van der Waals surface area (Å²) in [5.41, 5.74) is 4.64. The maximum Gasteiger partial charge on any atom is 0.328 e. The molecule has 0 fully saturated rings. The van der Waals surface area contributed by atoms with Gasteiger partial charge in [-0.05, 0) is 24.4 Å². The van der Waals surface area contributed by atoms with Crippen molar-refractivity contribution in [3.8, 4) is 0 Å². The summed E-state index contributed by atoms with van der Waals surface area (Å²) >= 11 is 4.18. The van der Waals surface area contributed by atoms with E-state index >= 15 is 0 Å². The van der Waals surface area contributed by atoms with Crippen LogP contribution in [-0.4, -0.2) is 11.1 Å². The fourth-order valence-corrected chi connectivity index (χ4v) is 0.821. The minimum atomic E-state index is -0.718. The van der Waals surface area contributed by atoms with Gasteiger partial charge < -0.3 is 0 Å². The molecule has 1 amide bonds. The van der Waals surface area contributed by atoms with Crippen LogP contribution in [0.3, 0.4) is 0 Å². The van der Waals surface area contributed by atoms with E-state index in [1.165, 1.54) is 0 Å². The average molecular weight is 195 g/mol. The number of hydrogen-bond donors (Lipinski definition) is 2. The third kappa shape index (κ3) is 3.08. The standard InChI is InChI=1S/C8H7N2O2S/c11-7(9-10-8(12)13)6-4-2-1-3-5-6/h1-5H,(H,9,11)(H,10,13). The predicted molar refractivity (Wildman–Crippen MR) is 50.3 cm³/mol. The van der Waals surface area contributed by atoms with Crippen molar-refractivity contribution in [3.05, 3.63) is 35.9 Å². The highest BCUT2D eigenvalue weighted by molar-refractivity contribution is 7.79. The molecule has 5 heteroatoms. The molecule has 67 valence electrons. The van der Waals surface area contributed by atoms with E-state index in [1.807, 2.05) is 5.43 Å². The summed E-state index contributed by atoms with van der Waals surface area (Å²) in [6, 6.07) is 8.51. The maximum atomic E-state index is 11.2. The Labute approximate surface area is 80.5 Å². The van der Waals surface area contributed by atoms with Crippen molar-refractivity contribution in [2.24, 2.45) is 0 Å². The second-order valence-corrected chi connectivity index (χ2v) is 2.60. The van der Waals surface area contributed by atoms with Crippen LogP contribution in [0.15, 0.2) is 30.3 Å². The molecule has 0 saturated heterocycles. The van der Waals surface area contributed by atoms with Gasteiger partial charge in [-0.15, -0.1) is 0 Å². The summed E-state index contributed by atoms with van der Waals surface area (Å²) in [5.74, 6) is -0.390. The zero-order valence-corrected chi connectivity index (χ0v) is 7.43. The lowest BCUT2D eigenvalue weighted by Crippen LogP contribution is -2.40. The van der Waals surface area contributed by atoms with Crippen molar-refractivity contribution >= 4 is 23.3 Å². The topological polar surface area (TPSA) is 61.0 Å². The first-order chi connectivity index (χ1) is 6.20. The molecule has 0 heterocycles. The van der Waals surface area contributed by atoms with Gasteiger partial charge in [-0.25, -0.2) is 0 Å². The van der Waals surface area contributed by atoms with Crippen LogP contribution in [0.1, 0.15) is 10.4 Å². The maximum absolute atomic E-state index is 11.2. The fourth-order valence-electron chi connectivity index (χ4n) is 0.769. The largest absolute Gasteiger partial charge is 0.328 e. The molecule has 1 aromatic carbocycles. The van der Waals surface area contributed by atoms with Gasteiger partial charge in [0.1, 0.15) is 0 Å². The van der Waals surface area contributed by atoms with Gasteiger partial charge in [0.2, 0.25) is 0 Å². The van der Waals surface area contributed by atoms with Crippen molar-refractivity contribution in [2.75, 3.05) is 0 Å². The van der Waals surface area contributed by atoms with Crippen LogP contribution >= 0.6 is 12.2 Å². The second-order valence-electron chi connectivity index (χ2n) is 2.23. The zero-order valence-electron chi connectivity index (χ0n) is 6.61. The summed E-state index contributed by atoms with van der Waals surface area (Å²) in [6.45, 7) is 0. The van der Waals surface area contributed by atoms with Crippen molar-refractivity contribution in [1.29, 1.82) is 0 Å². The molecule has 1 radical (unpaired) electrons. The number of rotatable bonds is 1. The molecule has 0 spiro atoms. The van der Waals surface area contributed by atoms with Crippen LogP contribution in [0.2, 0.25) is 0 Å². The molecule has 0 aliphatic heterocycles. The number of carbonyl (C=O) groups is 1. The normalized spacial score (nSPS) is 8.92. The number of amides is 1. The Hall–Kier alpha value is -1.62. The molecule has 0 aromatic heterocycles. The molecule has 1 rings (SSSR count). The Morgan fingerprint density at radius 3 is 2.31 bits per heavy atom. The molecule has 4 nitrogen and oxygen atoms in total. The third-order valence-corrected chi connectivity index (χ3v) is 1.42. The average Bonchev–Trinajstić information content (AvgIpc) is 2.15. The van der Waals surface area contributed by atoms with Crippen LogP contribution in [-0.2, 0) is 5.11 Å². The van der Waals surface area contributed by atoms with Crippen molar-refractivity contribution in [3.63, 3.8) is 0 Å². The quantitative estimate of drug-likeness (QED) is 0.510. The van der Waals surface area contributed by atoms with Crippen LogP contribution in [0.5, 0.6) is 0 Å². The van der Waals surface area contributed by atoms with E-state index in [1.54, 1.807) is 30.3 Å². The molecule has 0 atom stereocenters. The van der Waals surface area contributed by atoms with Gasteiger partial charge >= 0.3 is 5.17 Å². The van der Waals surface area contributed by atoms with Gasteiger partial charge in [0, 0.05) is 5.56 Å². The summed E-state index contributed by atoms with van der Waals surface area (Å²) in [4.78, 5) is 11.2. The zero-order chi connectivity index (χ0) is 9.68. The van der Waals surface area contributed by atoms with Gasteiger partial charge in [0.05, 0.1) is 0 Å². The summed E-state index contributed by atoms with van der Waals surface area (Å²) in [7, 11) is 0. The molecule has 13 heavy (non-hydrogen) atoms. The summed E-state index contributed by atoms with van der Waals surface area (Å²) in [5, 5.41) is 9.55. The van der Waals surface area contributed by atoms with E-state index in [0.717, 1.165) is 0 Å². The molecule has 1 aromatic rings. The number of carbonyl (C=O) groups excluding carboxylic acids is 1. The van der Waals surface area contributed by atoms with Crippen LogP contribution in [0.25, 0.3) is 0 Å². The highest BCUT2D eigenvalue weighted by Crippen LogP contribution is 1.96. The van der Waals surface area contributed by atoms with E-state index in [2.05, 4.69) is 17.6 Å². The van der Waals surface area contributed by atoms with Gasteiger partial charge in [-0.3, -0.25) is 20.8 Å². The lowest BCUT2D eigenvalue weighted by atomic mass is 10.2. The van der Waals surface area contributed by atoms with E-state index in [4.69, 9.17) is 0 Å². The Bertz CT molecular complexity index is 313. The van der Waals surface area contributed by atoms with Gasteiger partial charge in [-0.1, -0.05) is 18.2 Å². The van der Waals surface area contributed by atoms with E-state index < -0.39 is 5.17 Å². The number of hydrazine groups is 1. The smallest absolute Gasteiger partial charge is 0.267 e. The first-order valence-electron chi connectivity index (χ1n) is 3.52. The Balaban J connectivity index is 2.54. The Kier molecular flexibility index (Phi) is 3.22. The first kappa shape index (κ1) is 9.47. The van der Waals surface area contributed by atoms with Crippen LogP contribution < -0.4 is 10.9 Å². The van der Waals surface area contributed by atoms with E-state index in [0.29, 0.717) is 5.56 Å². The number of thiocarbonyl (C=S) groups is 1. The van der Waals surface area contributed by atoms with Crippen molar-refractivity contribution in [2.45, 2.75) is 0 Å². The Morgan fingerprint density at radius 2 is 1.77 bits per heavy atom. The Morgan fingerprint density at radius 1 is 1.15 bits per heavy atom. The van der Waals surface area contributed by atoms with Gasteiger partial charge in [-0.2, -0.15) is 0 Å². The molecular weight excluding hydrogens is 188 g/mol. The number of nitrogens with one attached hydrogen (secondary N) is 2. The summed E-state index contributed by atoms with van der Waals surface area (Å²) in [6.07, 6.45) is 0.